The zero-order valence-corrected chi connectivity index (χ0v) is 7.89. The Balaban J connectivity index is 3.13. The molecular weight excluding hydrogens is 186 g/mol. The average molecular weight is 197 g/mol. The predicted octanol–water partition coefficient (Wildman–Crippen LogP) is 0.787. The van der Waals surface area contributed by atoms with Gasteiger partial charge in [-0.3, -0.25) is 4.90 Å². The maximum Gasteiger partial charge on any atom is 0.411 e. The van der Waals surface area contributed by atoms with E-state index in [0.717, 1.165) is 4.90 Å². The van der Waals surface area contributed by atoms with Crippen LogP contribution in [0.25, 0.3) is 0 Å². The van der Waals surface area contributed by atoms with E-state index in [1.54, 1.807) is 0 Å². The number of hydrogen-bond acceptors (Lipinski definition) is 4. The zero-order valence-electron chi connectivity index (χ0n) is 7.89. The molecule has 0 bridgehead atoms. The first-order valence-corrected chi connectivity index (χ1v) is 3.83. The molecule has 76 valence electrons. The van der Waals surface area contributed by atoms with Gasteiger partial charge in [0.2, 0.25) is 5.88 Å². The number of hydrogen-bond donors (Lipinski definition) is 2. The van der Waals surface area contributed by atoms with Crippen LogP contribution in [0, 0.1) is 0 Å². The van der Waals surface area contributed by atoms with E-state index >= 15 is 0 Å². The van der Waals surface area contributed by atoms with E-state index in [9.17, 15) is 4.79 Å². The Morgan fingerprint density at radius 2 is 2.29 bits per heavy atom. The van der Waals surface area contributed by atoms with Crippen molar-refractivity contribution in [3.8, 4) is 5.88 Å². The van der Waals surface area contributed by atoms with Gasteiger partial charge in [0.15, 0.2) is 0 Å². The van der Waals surface area contributed by atoms with Crippen molar-refractivity contribution < 1.29 is 14.6 Å². The molecule has 1 aromatic heterocycles. The first-order chi connectivity index (χ1) is 6.56. The first kappa shape index (κ1) is 10.1. The number of ether oxygens (including phenoxy) is 1. The normalized spacial score (nSPS) is 9.57. The third-order valence-electron chi connectivity index (χ3n) is 1.70. The molecule has 0 radical (unpaired) electrons. The summed E-state index contributed by atoms with van der Waals surface area (Å²) < 4.78 is 4.90. The molecule has 0 aliphatic heterocycles. The number of methoxy groups -OCH3 is 1. The van der Waals surface area contributed by atoms with Crippen LogP contribution in [-0.2, 0) is 0 Å². The van der Waals surface area contributed by atoms with Crippen molar-refractivity contribution in [1.29, 1.82) is 0 Å². The number of aromatic nitrogens is 1. The number of carbonyl (C=O) groups is 1. The van der Waals surface area contributed by atoms with E-state index in [0.29, 0.717) is 5.69 Å². The Hall–Kier alpha value is -1.98. The number of pyridine rings is 1. The summed E-state index contributed by atoms with van der Waals surface area (Å²) in [6, 6.07) is 3.05. The molecule has 0 atom stereocenters. The maximum absolute atomic E-state index is 10.7. The number of nitrogens with zero attached hydrogens (tertiary/aromatic N) is 2. The van der Waals surface area contributed by atoms with Crippen LogP contribution in [-0.4, -0.2) is 30.3 Å². The summed E-state index contributed by atoms with van der Waals surface area (Å²) in [7, 11) is 2.80. The SMILES string of the molecule is COc1nc(N)ccc1N(C)C(=O)O. The summed E-state index contributed by atoms with van der Waals surface area (Å²) in [5.74, 6) is 0.472. The molecule has 0 saturated carbocycles. The van der Waals surface area contributed by atoms with Crippen LogP contribution in [0.1, 0.15) is 0 Å². The number of nitrogen functional groups attached to an aromatic ring is 1. The largest absolute Gasteiger partial charge is 0.479 e. The van der Waals surface area contributed by atoms with Gasteiger partial charge in [-0.2, -0.15) is 4.98 Å². The second-order valence-corrected chi connectivity index (χ2v) is 2.61. The number of rotatable bonds is 2. The Morgan fingerprint density at radius 3 is 2.79 bits per heavy atom. The Kier molecular flexibility index (Phi) is 2.76. The van der Waals surface area contributed by atoms with Crippen molar-refractivity contribution in [1.82, 2.24) is 4.98 Å². The van der Waals surface area contributed by atoms with Crippen LogP contribution in [0.3, 0.4) is 0 Å². The summed E-state index contributed by atoms with van der Waals surface area (Å²) in [5, 5.41) is 8.74. The lowest BCUT2D eigenvalue weighted by atomic mass is 10.3. The van der Waals surface area contributed by atoms with Crippen molar-refractivity contribution in [2.24, 2.45) is 0 Å². The van der Waals surface area contributed by atoms with Gasteiger partial charge in [0, 0.05) is 7.05 Å². The van der Waals surface area contributed by atoms with Gasteiger partial charge in [-0.05, 0) is 12.1 Å². The van der Waals surface area contributed by atoms with E-state index < -0.39 is 6.09 Å². The number of nitrogens with two attached hydrogens (primary N) is 1. The lowest BCUT2D eigenvalue weighted by Gasteiger charge is -2.15. The minimum Gasteiger partial charge on any atom is -0.479 e. The molecule has 0 fully saturated rings. The number of anilines is 2. The van der Waals surface area contributed by atoms with E-state index in [-0.39, 0.29) is 11.7 Å². The van der Waals surface area contributed by atoms with E-state index in [4.69, 9.17) is 15.6 Å². The number of carboxylic acid groups (broad SMARTS) is 1. The van der Waals surface area contributed by atoms with Crippen molar-refractivity contribution in [2.75, 3.05) is 24.8 Å². The Bertz CT molecular complexity index is 354. The lowest BCUT2D eigenvalue weighted by molar-refractivity contribution is 0.203. The van der Waals surface area contributed by atoms with Crippen molar-refractivity contribution >= 4 is 17.6 Å². The fourth-order valence-electron chi connectivity index (χ4n) is 0.956. The highest BCUT2D eigenvalue weighted by Gasteiger charge is 2.14. The predicted molar refractivity (Wildman–Crippen MR) is 51.6 cm³/mol. The molecule has 1 rings (SSSR count). The molecule has 0 aliphatic carbocycles. The van der Waals surface area contributed by atoms with Crippen LogP contribution in [0.5, 0.6) is 5.88 Å². The van der Waals surface area contributed by atoms with E-state index in [2.05, 4.69) is 4.98 Å². The smallest absolute Gasteiger partial charge is 0.411 e. The average Bonchev–Trinajstić information content (AvgIpc) is 2.16. The summed E-state index contributed by atoms with van der Waals surface area (Å²) in [6.07, 6.45) is -1.09. The van der Waals surface area contributed by atoms with Gasteiger partial charge in [-0.15, -0.1) is 0 Å². The molecule has 1 heterocycles. The van der Waals surface area contributed by atoms with Crippen LogP contribution >= 0.6 is 0 Å². The standard InChI is InChI=1S/C8H11N3O3/c1-11(8(12)13)5-3-4-6(9)10-7(5)14-2/h3-4H,1-2H3,(H2,9,10)(H,12,13). The zero-order chi connectivity index (χ0) is 10.7. The van der Waals surface area contributed by atoms with Gasteiger partial charge < -0.3 is 15.6 Å². The topological polar surface area (TPSA) is 88.7 Å². The molecule has 1 amide bonds. The van der Waals surface area contributed by atoms with Crippen molar-refractivity contribution in [3.63, 3.8) is 0 Å². The van der Waals surface area contributed by atoms with Crippen molar-refractivity contribution in [3.05, 3.63) is 12.1 Å². The van der Waals surface area contributed by atoms with Crippen LogP contribution < -0.4 is 15.4 Å². The Morgan fingerprint density at radius 1 is 1.64 bits per heavy atom. The molecule has 3 N–H and O–H groups in total. The molecule has 0 spiro atoms. The first-order valence-electron chi connectivity index (χ1n) is 3.83. The fourth-order valence-corrected chi connectivity index (χ4v) is 0.956. The second-order valence-electron chi connectivity index (χ2n) is 2.61. The minimum atomic E-state index is -1.09. The summed E-state index contributed by atoms with van der Waals surface area (Å²) >= 11 is 0. The highest BCUT2D eigenvalue weighted by Crippen LogP contribution is 2.25. The summed E-state index contributed by atoms with van der Waals surface area (Å²) in [5.41, 5.74) is 5.78. The lowest BCUT2D eigenvalue weighted by Crippen LogP contribution is -2.24. The summed E-state index contributed by atoms with van der Waals surface area (Å²) in [4.78, 5) is 15.5. The third kappa shape index (κ3) is 1.85. The molecule has 1 aromatic rings. The molecule has 6 nitrogen and oxygen atoms in total. The van der Waals surface area contributed by atoms with E-state index in [1.165, 1.54) is 26.3 Å². The maximum atomic E-state index is 10.7. The monoisotopic (exact) mass is 197 g/mol. The van der Waals surface area contributed by atoms with Gasteiger partial charge in [0.05, 0.1) is 7.11 Å². The minimum absolute atomic E-state index is 0.190. The van der Waals surface area contributed by atoms with Gasteiger partial charge in [0.1, 0.15) is 11.5 Å². The van der Waals surface area contributed by atoms with Crippen molar-refractivity contribution in [2.45, 2.75) is 0 Å². The Labute approximate surface area is 80.9 Å². The molecule has 0 aliphatic rings. The molecular formula is C8H11N3O3. The van der Waals surface area contributed by atoms with Crippen LogP contribution in [0.15, 0.2) is 12.1 Å². The third-order valence-corrected chi connectivity index (χ3v) is 1.70. The van der Waals surface area contributed by atoms with Crippen LogP contribution in [0.4, 0.5) is 16.3 Å². The molecule has 0 unspecified atom stereocenters. The van der Waals surface area contributed by atoms with Gasteiger partial charge in [0.25, 0.3) is 0 Å². The van der Waals surface area contributed by atoms with E-state index in [1.807, 2.05) is 0 Å². The van der Waals surface area contributed by atoms with Gasteiger partial charge >= 0.3 is 6.09 Å². The highest BCUT2D eigenvalue weighted by molar-refractivity contribution is 5.87. The highest BCUT2D eigenvalue weighted by atomic mass is 16.5. The fraction of sp³-hybridized carbons (Fsp3) is 0.250. The van der Waals surface area contributed by atoms with Gasteiger partial charge in [-0.1, -0.05) is 0 Å². The molecule has 0 aromatic carbocycles. The quantitative estimate of drug-likeness (QED) is 0.731. The van der Waals surface area contributed by atoms with Gasteiger partial charge in [-0.25, -0.2) is 4.79 Å². The molecule has 6 heteroatoms. The second kappa shape index (κ2) is 3.82. The summed E-state index contributed by atoms with van der Waals surface area (Å²) in [6.45, 7) is 0. The molecule has 14 heavy (non-hydrogen) atoms. The molecule has 0 saturated heterocycles. The van der Waals surface area contributed by atoms with Crippen LogP contribution in [0.2, 0.25) is 0 Å². The number of amides is 1.